The van der Waals surface area contributed by atoms with Crippen molar-refractivity contribution in [3.63, 3.8) is 0 Å². The molecule has 0 saturated heterocycles. The van der Waals surface area contributed by atoms with E-state index in [0.29, 0.717) is 12.1 Å². The van der Waals surface area contributed by atoms with E-state index in [-0.39, 0.29) is 5.97 Å². The number of ether oxygens (including phenoxy) is 1. The van der Waals surface area contributed by atoms with Gasteiger partial charge in [0.15, 0.2) is 0 Å². The predicted molar refractivity (Wildman–Crippen MR) is 101 cm³/mol. The van der Waals surface area contributed by atoms with E-state index < -0.39 is 0 Å². The third-order valence-corrected chi connectivity index (χ3v) is 5.42. The second kappa shape index (κ2) is 7.52. The van der Waals surface area contributed by atoms with Crippen molar-refractivity contribution in [2.45, 2.75) is 20.0 Å². The number of thiophene rings is 1. The van der Waals surface area contributed by atoms with E-state index in [9.17, 15) is 4.79 Å². The molecular formula is C19H20ClN2O2S+. The molecule has 1 N–H and O–H groups in total. The number of rotatable bonds is 5. The maximum atomic E-state index is 12.4. The maximum absolute atomic E-state index is 12.4. The third kappa shape index (κ3) is 3.84. The highest BCUT2D eigenvalue weighted by atomic mass is 35.5. The van der Waals surface area contributed by atoms with Gasteiger partial charge in [-0.3, -0.25) is 0 Å². The molecule has 0 aliphatic heterocycles. The normalized spacial score (nSPS) is 12.3. The fourth-order valence-corrected chi connectivity index (χ4v) is 4.24. The molecule has 4 nitrogen and oxygen atoms in total. The van der Waals surface area contributed by atoms with Gasteiger partial charge in [0.2, 0.25) is 0 Å². The van der Waals surface area contributed by atoms with E-state index in [0.717, 1.165) is 33.0 Å². The van der Waals surface area contributed by atoms with E-state index in [1.54, 1.807) is 11.3 Å². The van der Waals surface area contributed by atoms with Crippen LogP contribution in [0.25, 0.3) is 10.9 Å². The Kier molecular flexibility index (Phi) is 5.37. The minimum Gasteiger partial charge on any atom is -0.465 e. The molecule has 0 aliphatic carbocycles. The summed E-state index contributed by atoms with van der Waals surface area (Å²) in [5, 5.41) is 0.981. The number of quaternary nitrogens is 1. The number of nitrogens with zero attached hydrogens (tertiary/aromatic N) is 1. The fraction of sp³-hybridized carbons (Fsp3) is 0.263. The summed E-state index contributed by atoms with van der Waals surface area (Å²) in [6.07, 6.45) is 0. The summed E-state index contributed by atoms with van der Waals surface area (Å²) in [4.78, 5) is 19.5. The minimum absolute atomic E-state index is 0.335. The molecule has 2 heterocycles. The van der Waals surface area contributed by atoms with Crippen molar-refractivity contribution in [1.82, 2.24) is 4.98 Å². The Morgan fingerprint density at radius 1 is 1.24 bits per heavy atom. The van der Waals surface area contributed by atoms with Gasteiger partial charge in [-0.15, -0.1) is 11.3 Å². The SMILES string of the molecule is COC(=O)c1c(C[NH+](C)Cc2ccc(Cl)s2)nc2ccccc2c1C. The van der Waals surface area contributed by atoms with Crippen LogP contribution in [0.2, 0.25) is 4.34 Å². The lowest BCUT2D eigenvalue weighted by Crippen LogP contribution is -3.06. The number of fused-ring (bicyclic) bond motifs is 1. The molecule has 1 aromatic carbocycles. The van der Waals surface area contributed by atoms with Gasteiger partial charge in [-0.25, -0.2) is 9.78 Å². The topological polar surface area (TPSA) is 43.6 Å². The predicted octanol–water partition coefficient (Wildman–Crippen LogP) is 3.26. The zero-order valence-corrected chi connectivity index (χ0v) is 16.0. The average Bonchev–Trinajstić information content (AvgIpc) is 2.99. The van der Waals surface area contributed by atoms with Gasteiger partial charge in [0.25, 0.3) is 0 Å². The molecule has 3 aromatic rings. The summed E-state index contributed by atoms with van der Waals surface area (Å²) >= 11 is 7.59. The van der Waals surface area contributed by atoms with Crippen LogP contribution in [0.5, 0.6) is 0 Å². The number of carbonyl (C=O) groups is 1. The summed E-state index contributed by atoms with van der Waals surface area (Å²) in [5.74, 6) is -0.335. The largest absolute Gasteiger partial charge is 0.465 e. The molecule has 1 unspecified atom stereocenters. The Morgan fingerprint density at radius 3 is 2.68 bits per heavy atom. The Bertz CT molecular complexity index is 923. The van der Waals surface area contributed by atoms with Crippen LogP contribution < -0.4 is 4.90 Å². The summed E-state index contributed by atoms with van der Waals surface area (Å²) in [6.45, 7) is 3.41. The minimum atomic E-state index is -0.335. The van der Waals surface area contributed by atoms with Crippen LogP contribution in [-0.2, 0) is 17.8 Å². The monoisotopic (exact) mass is 375 g/mol. The van der Waals surface area contributed by atoms with Crippen LogP contribution in [0.3, 0.4) is 0 Å². The number of methoxy groups -OCH3 is 1. The van der Waals surface area contributed by atoms with Crippen LogP contribution in [0, 0.1) is 6.92 Å². The van der Waals surface area contributed by atoms with E-state index in [4.69, 9.17) is 21.3 Å². The molecule has 0 amide bonds. The Hall–Kier alpha value is -1.95. The van der Waals surface area contributed by atoms with Crippen LogP contribution in [0.15, 0.2) is 36.4 Å². The van der Waals surface area contributed by atoms with E-state index in [2.05, 4.69) is 7.05 Å². The fourth-order valence-electron chi connectivity index (χ4n) is 3.03. The number of carbonyl (C=O) groups excluding carboxylic acids is 1. The number of aromatic nitrogens is 1. The number of para-hydroxylation sites is 1. The van der Waals surface area contributed by atoms with Gasteiger partial charge in [-0.05, 0) is 30.7 Å². The van der Waals surface area contributed by atoms with E-state index >= 15 is 0 Å². The molecule has 0 fully saturated rings. The Morgan fingerprint density at radius 2 is 2.00 bits per heavy atom. The molecular weight excluding hydrogens is 356 g/mol. The summed E-state index contributed by atoms with van der Waals surface area (Å²) < 4.78 is 5.80. The molecule has 6 heteroatoms. The number of aryl methyl sites for hydroxylation is 1. The highest BCUT2D eigenvalue weighted by Crippen LogP contribution is 2.24. The average molecular weight is 376 g/mol. The Balaban J connectivity index is 1.97. The first kappa shape index (κ1) is 17.9. The van der Waals surface area contributed by atoms with Crippen LogP contribution in [0.4, 0.5) is 0 Å². The van der Waals surface area contributed by atoms with Crippen molar-refractivity contribution in [2.24, 2.45) is 0 Å². The number of hydrogen-bond donors (Lipinski definition) is 1. The molecule has 25 heavy (non-hydrogen) atoms. The summed E-state index contributed by atoms with van der Waals surface area (Å²) in [6, 6.07) is 11.8. The number of hydrogen-bond acceptors (Lipinski definition) is 4. The van der Waals surface area contributed by atoms with Gasteiger partial charge in [-0.2, -0.15) is 0 Å². The molecule has 2 aromatic heterocycles. The van der Waals surface area contributed by atoms with Gasteiger partial charge in [-0.1, -0.05) is 29.8 Å². The lowest BCUT2D eigenvalue weighted by atomic mass is 10.0. The van der Waals surface area contributed by atoms with Gasteiger partial charge in [0.05, 0.1) is 34.5 Å². The molecule has 1 atom stereocenters. The van der Waals surface area contributed by atoms with Gasteiger partial charge in [0.1, 0.15) is 18.8 Å². The number of pyridine rings is 1. The standard InChI is InChI=1S/C19H19ClN2O2S/c1-12-14-6-4-5-7-15(14)21-16(18(12)19(23)24-3)11-22(2)10-13-8-9-17(20)25-13/h4-9H,10-11H2,1-3H3/p+1. The van der Waals surface area contributed by atoms with Crippen molar-refractivity contribution < 1.29 is 14.4 Å². The van der Waals surface area contributed by atoms with Crippen molar-refractivity contribution in [1.29, 1.82) is 0 Å². The van der Waals surface area contributed by atoms with Crippen LogP contribution >= 0.6 is 22.9 Å². The molecule has 130 valence electrons. The van der Waals surface area contributed by atoms with E-state index in [1.165, 1.54) is 16.9 Å². The van der Waals surface area contributed by atoms with Gasteiger partial charge < -0.3 is 9.64 Å². The molecule has 0 spiro atoms. The van der Waals surface area contributed by atoms with Gasteiger partial charge >= 0.3 is 5.97 Å². The first-order chi connectivity index (χ1) is 12.0. The first-order valence-electron chi connectivity index (χ1n) is 8.01. The number of nitrogens with one attached hydrogen (secondary N) is 1. The zero-order chi connectivity index (χ0) is 18.0. The van der Waals surface area contributed by atoms with Gasteiger partial charge in [0, 0.05) is 5.39 Å². The second-order valence-electron chi connectivity index (χ2n) is 6.08. The van der Waals surface area contributed by atoms with Crippen LogP contribution in [-0.4, -0.2) is 25.1 Å². The van der Waals surface area contributed by atoms with Crippen molar-refractivity contribution in [3.05, 3.63) is 62.4 Å². The van der Waals surface area contributed by atoms with E-state index in [1.807, 2.05) is 43.3 Å². The molecule has 3 rings (SSSR count). The molecule has 0 aliphatic rings. The van der Waals surface area contributed by atoms with Crippen molar-refractivity contribution >= 4 is 39.8 Å². The Labute approximate surface area is 156 Å². The smallest absolute Gasteiger partial charge is 0.340 e. The quantitative estimate of drug-likeness (QED) is 0.696. The lowest BCUT2D eigenvalue weighted by molar-refractivity contribution is -0.907. The van der Waals surface area contributed by atoms with Crippen molar-refractivity contribution in [3.8, 4) is 0 Å². The molecule has 0 bridgehead atoms. The summed E-state index contributed by atoms with van der Waals surface area (Å²) in [5.41, 5.74) is 3.15. The lowest BCUT2D eigenvalue weighted by Gasteiger charge is -2.17. The highest BCUT2D eigenvalue weighted by molar-refractivity contribution is 7.16. The summed E-state index contributed by atoms with van der Waals surface area (Å²) in [7, 11) is 3.49. The maximum Gasteiger partial charge on any atom is 0.340 e. The number of benzene rings is 1. The number of esters is 1. The molecule has 0 radical (unpaired) electrons. The highest BCUT2D eigenvalue weighted by Gasteiger charge is 2.22. The zero-order valence-electron chi connectivity index (χ0n) is 14.4. The molecule has 0 saturated carbocycles. The third-order valence-electron chi connectivity index (χ3n) is 4.19. The second-order valence-corrected chi connectivity index (χ2v) is 7.88. The first-order valence-corrected chi connectivity index (χ1v) is 9.21. The van der Waals surface area contributed by atoms with Crippen molar-refractivity contribution in [2.75, 3.05) is 14.2 Å². The number of halogens is 1. The van der Waals surface area contributed by atoms with Crippen LogP contribution in [0.1, 0.15) is 26.5 Å².